The van der Waals surface area contributed by atoms with Crippen molar-refractivity contribution in [1.29, 1.82) is 0 Å². The lowest BCUT2D eigenvalue weighted by Crippen LogP contribution is -2.41. The second-order valence-corrected chi connectivity index (χ2v) is 7.17. The monoisotopic (exact) mass is 359 g/mol. The number of carbonyl (C=O) groups is 1. The Labute approximate surface area is 155 Å². The van der Waals surface area contributed by atoms with Crippen LogP contribution in [0, 0.1) is 12.3 Å². The van der Waals surface area contributed by atoms with Gasteiger partial charge in [0.15, 0.2) is 5.96 Å². The molecule has 142 valence electrons. The average Bonchev–Trinajstić information content (AvgIpc) is 3.24. The third-order valence-electron chi connectivity index (χ3n) is 5.01. The normalized spacial score (nSPS) is 22.8. The standard InChI is InChI=1S/C19H29N5O2/c1-3-20-18(24-11-8-19(13-24)9-12-26-14-19)21-10-7-17(25)23-16-6-4-5-15(2)22-16/h4-6H,3,7-14H2,1-2H3,(H,20,21)(H,22,23,25). The van der Waals surface area contributed by atoms with Crippen molar-refractivity contribution in [3.8, 4) is 0 Å². The minimum atomic E-state index is -0.0650. The zero-order valence-electron chi connectivity index (χ0n) is 15.8. The number of aliphatic imine (C=N–C) groups is 1. The molecule has 2 saturated heterocycles. The van der Waals surface area contributed by atoms with E-state index in [1.165, 1.54) is 0 Å². The molecular formula is C19H29N5O2. The third kappa shape index (κ3) is 4.72. The van der Waals surface area contributed by atoms with Crippen molar-refractivity contribution < 1.29 is 9.53 Å². The molecule has 7 heteroatoms. The van der Waals surface area contributed by atoms with Crippen molar-refractivity contribution in [3.05, 3.63) is 23.9 Å². The zero-order chi connectivity index (χ0) is 18.4. The van der Waals surface area contributed by atoms with Crippen molar-refractivity contribution in [3.63, 3.8) is 0 Å². The molecule has 0 saturated carbocycles. The number of aromatic nitrogens is 1. The number of anilines is 1. The van der Waals surface area contributed by atoms with E-state index in [0.717, 1.165) is 57.3 Å². The number of nitrogens with one attached hydrogen (secondary N) is 2. The molecule has 3 heterocycles. The van der Waals surface area contributed by atoms with Crippen molar-refractivity contribution in [1.82, 2.24) is 15.2 Å². The molecule has 1 amide bonds. The van der Waals surface area contributed by atoms with E-state index in [4.69, 9.17) is 4.74 Å². The Morgan fingerprint density at radius 2 is 2.31 bits per heavy atom. The molecule has 2 N–H and O–H groups in total. The largest absolute Gasteiger partial charge is 0.381 e. The first-order valence-electron chi connectivity index (χ1n) is 9.45. The highest BCUT2D eigenvalue weighted by Crippen LogP contribution is 2.38. The summed E-state index contributed by atoms with van der Waals surface area (Å²) in [6.45, 7) is 8.95. The molecule has 1 unspecified atom stereocenters. The van der Waals surface area contributed by atoms with Gasteiger partial charge in [-0.05, 0) is 38.8 Å². The lowest BCUT2D eigenvalue weighted by molar-refractivity contribution is -0.116. The van der Waals surface area contributed by atoms with Crippen LogP contribution >= 0.6 is 0 Å². The molecule has 1 aromatic rings. The number of carbonyl (C=O) groups excluding carboxylic acids is 1. The van der Waals surface area contributed by atoms with Crippen LogP contribution in [0.1, 0.15) is 31.9 Å². The van der Waals surface area contributed by atoms with E-state index in [1.807, 2.05) is 19.1 Å². The fourth-order valence-electron chi connectivity index (χ4n) is 3.59. The molecule has 1 spiro atoms. The minimum absolute atomic E-state index is 0.0650. The highest BCUT2D eigenvalue weighted by molar-refractivity contribution is 5.90. The summed E-state index contributed by atoms with van der Waals surface area (Å²) >= 11 is 0. The molecule has 26 heavy (non-hydrogen) atoms. The number of hydrogen-bond acceptors (Lipinski definition) is 4. The summed E-state index contributed by atoms with van der Waals surface area (Å²) in [5.41, 5.74) is 1.18. The number of ether oxygens (including phenoxy) is 1. The van der Waals surface area contributed by atoms with Crippen LogP contribution in [0.4, 0.5) is 5.82 Å². The van der Waals surface area contributed by atoms with Gasteiger partial charge < -0.3 is 20.3 Å². The van der Waals surface area contributed by atoms with Crippen LogP contribution < -0.4 is 10.6 Å². The van der Waals surface area contributed by atoms with E-state index >= 15 is 0 Å². The number of guanidine groups is 1. The van der Waals surface area contributed by atoms with Crippen molar-refractivity contribution in [2.75, 3.05) is 44.7 Å². The van der Waals surface area contributed by atoms with Crippen molar-refractivity contribution >= 4 is 17.7 Å². The van der Waals surface area contributed by atoms with Gasteiger partial charge in [-0.3, -0.25) is 9.79 Å². The first-order chi connectivity index (χ1) is 12.6. The van der Waals surface area contributed by atoms with E-state index in [9.17, 15) is 4.79 Å². The Kier molecular flexibility index (Phi) is 6.08. The van der Waals surface area contributed by atoms with Crippen molar-refractivity contribution in [2.45, 2.75) is 33.1 Å². The lowest BCUT2D eigenvalue weighted by Gasteiger charge is -2.24. The second kappa shape index (κ2) is 8.49. The number of hydrogen-bond donors (Lipinski definition) is 2. The molecular weight excluding hydrogens is 330 g/mol. The summed E-state index contributed by atoms with van der Waals surface area (Å²) in [5, 5.41) is 6.18. The van der Waals surface area contributed by atoms with Gasteiger partial charge in [0.05, 0.1) is 13.2 Å². The number of likely N-dealkylation sites (tertiary alicyclic amines) is 1. The quantitative estimate of drug-likeness (QED) is 0.619. The van der Waals surface area contributed by atoms with Gasteiger partial charge in [-0.15, -0.1) is 0 Å². The van der Waals surface area contributed by atoms with Crippen LogP contribution in [0.15, 0.2) is 23.2 Å². The van der Waals surface area contributed by atoms with E-state index in [0.29, 0.717) is 24.2 Å². The van der Waals surface area contributed by atoms with E-state index < -0.39 is 0 Å². The fraction of sp³-hybridized carbons (Fsp3) is 0.632. The molecule has 1 atom stereocenters. The van der Waals surface area contributed by atoms with Gasteiger partial charge in [0.1, 0.15) is 5.82 Å². The van der Waals surface area contributed by atoms with Crippen LogP contribution in [-0.2, 0) is 9.53 Å². The summed E-state index contributed by atoms with van der Waals surface area (Å²) in [4.78, 5) is 23.4. The Balaban J connectivity index is 1.52. The average molecular weight is 359 g/mol. The summed E-state index contributed by atoms with van der Waals surface area (Å²) in [5.74, 6) is 1.43. The van der Waals surface area contributed by atoms with E-state index in [2.05, 4.69) is 32.4 Å². The predicted molar refractivity (Wildman–Crippen MR) is 102 cm³/mol. The molecule has 7 nitrogen and oxygen atoms in total. The predicted octanol–water partition coefficient (Wildman–Crippen LogP) is 1.80. The van der Waals surface area contributed by atoms with Gasteiger partial charge in [0.25, 0.3) is 0 Å². The molecule has 2 aliphatic heterocycles. The van der Waals surface area contributed by atoms with Gasteiger partial charge in [-0.25, -0.2) is 4.98 Å². The van der Waals surface area contributed by atoms with Crippen LogP contribution in [0.5, 0.6) is 0 Å². The van der Waals surface area contributed by atoms with E-state index in [-0.39, 0.29) is 5.91 Å². The topological polar surface area (TPSA) is 78.8 Å². The summed E-state index contributed by atoms with van der Waals surface area (Å²) in [6, 6.07) is 5.59. The van der Waals surface area contributed by atoms with E-state index in [1.54, 1.807) is 6.07 Å². The SMILES string of the molecule is CCNC(=NCCC(=O)Nc1cccc(C)n1)N1CCC2(CCOC2)C1. The Morgan fingerprint density at radius 1 is 1.42 bits per heavy atom. The van der Waals surface area contributed by atoms with Crippen LogP contribution in [0.3, 0.4) is 0 Å². The lowest BCUT2D eigenvalue weighted by atomic mass is 9.87. The van der Waals surface area contributed by atoms with Gasteiger partial charge in [0, 0.05) is 43.8 Å². The Bertz CT molecular complexity index is 655. The van der Waals surface area contributed by atoms with Crippen LogP contribution in [0.2, 0.25) is 0 Å². The highest BCUT2D eigenvalue weighted by atomic mass is 16.5. The maximum atomic E-state index is 12.1. The number of amides is 1. The molecule has 0 radical (unpaired) electrons. The summed E-state index contributed by atoms with van der Waals surface area (Å²) < 4.78 is 5.60. The van der Waals surface area contributed by atoms with Gasteiger partial charge in [-0.2, -0.15) is 0 Å². The number of rotatable bonds is 5. The molecule has 0 aromatic carbocycles. The molecule has 0 aliphatic carbocycles. The maximum Gasteiger partial charge on any atom is 0.227 e. The van der Waals surface area contributed by atoms with Gasteiger partial charge >= 0.3 is 0 Å². The third-order valence-corrected chi connectivity index (χ3v) is 5.01. The smallest absolute Gasteiger partial charge is 0.227 e. The second-order valence-electron chi connectivity index (χ2n) is 7.17. The van der Waals surface area contributed by atoms with Crippen LogP contribution in [-0.4, -0.2) is 61.1 Å². The molecule has 3 rings (SSSR count). The highest BCUT2D eigenvalue weighted by Gasteiger charge is 2.42. The first-order valence-corrected chi connectivity index (χ1v) is 9.45. The molecule has 2 aliphatic rings. The zero-order valence-corrected chi connectivity index (χ0v) is 15.8. The Hall–Kier alpha value is -2.15. The minimum Gasteiger partial charge on any atom is -0.381 e. The number of nitrogens with zero attached hydrogens (tertiary/aromatic N) is 3. The number of pyridine rings is 1. The van der Waals surface area contributed by atoms with Gasteiger partial charge in [0.2, 0.25) is 5.91 Å². The molecule has 0 bridgehead atoms. The number of aryl methyl sites for hydroxylation is 1. The fourth-order valence-corrected chi connectivity index (χ4v) is 3.59. The molecule has 2 fully saturated rings. The van der Waals surface area contributed by atoms with Crippen LogP contribution in [0.25, 0.3) is 0 Å². The maximum absolute atomic E-state index is 12.1. The summed E-state index contributed by atoms with van der Waals surface area (Å²) in [6.07, 6.45) is 2.62. The molecule has 1 aromatic heterocycles. The van der Waals surface area contributed by atoms with Gasteiger partial charge in [-0.1, -0.05) is 6.07 Å². The Morgan fingerprint density at radius 3 is 3.04 bits per heavy atom. The summed E-state index contributed by atoms with van der Waals surface area (Å²) in [7, 11) is 0. The first kappa shape index (κ1) is 18.6. The van der Waals surface area contributed by atoms with Crippen molar-refractivity contribution in [2.24, 2.45) is 10.4 Å².